The van der Waals surface area contributed by atoms with E-state index in [4.69, 9.17) is 0 Å². The molecule has 1 aromatic heterocycles. The normalized spacial score (nSPS) is 16.9. The Hall–Kier alpha value is -2.42. The molecule has 0 unspecified atom stereocenters. The van der Waals surface area contributed by atoms with E-state index in [1.165, 1.54) is 6.42 Å². The van der Waals surface area contributed by atoms with Gasteiger partial charge in [-0.25, -0.2) is 0 Å². The van der Waals surface area contributed by atoms with E-state index in [0.717, 1.165) is 37.8 Å². The lowest BCUT2D eigenvalue weighted by molar-refractivity contribution is 0.229. The molecule has 6 heteroatoms. The zero-order valence-electron chi connectivity index (χ0n) is 12.6. The van der Waals surface area contributed by atoms with Crippen molar-refractivity contribution in [2.75, 3.05) is 5.32 Å². The van der Waals surface area contributed by atoms with Crippen molar-refractivity contribution >= 4 is 11.6 Å². The number of nitrogens with zero attached hydrogens (tertiary/aromatic N) is 5. The SMILES string of the molecule is N#CC1(CCn2nnc(Nc3ccccc3)n2)CCCCC1. The third kappa shape index (κ3) is 3.42. The molecular weight excluding hydrogens is 276 g/mol. The van der Waals surface area contributed by atoms with Crippen molar-refractivity contribution in [3.8, 4) is 6.07 Å². The van der Waals surface area contributed by atoms with E-state index >= 15 is 0 Å². The molecule has 0 atom stereocenters. The van der Waals surface area contributed by atoms with Gasteiger partial charge in [0.1, 0.15) is 0 Å². The Bertz CT molecular complexity index is 636. The van der Waals surface area contributed by atoms with Gasteiger partial charge in [0, 0.05) is 5.69 Å². The predicted molar refractivity (Wildman–Crippen MR) is 83.3 cm³/mol. The Kier molecular flexibility index (Phi) is 4.33. The number of aromatic nitrogens is 4. The summed E-state index contributed by atoms with van der Waals surface area (Å²) in [4.78, 5) is 1.58. The van der Waals surface area contributed by atoms with Gasteiger partial charge in [-0.15, -0.1) is 5.10 Å². The summed E-state index contributed by atoms with van der Waals surface area (Å²) >= 11 is 0. The molecule has 1 aromatic carbocycles. The van der Waals surface area contributed by atoms with Crippen molar-refractivity contribution in [1.82, 2.24) is 20.2 Å². The van der Waals surface area contributed by atoms with Gasteiger partial charge in [-0.05, 0) is 36.6 Å². The van der Waals surface area contributed by atoms with Crippen molar-refractivity contribution in [3.05, 3.63) is 30.3 Å². The Morgan fingerprint density at radius 2 is 1.95 bits per heavy atom. The Balaban J connectivity index is 1.59. The lowest BCUT2D eigenvalue weighted by Gasteiger charge is -2.30. The van der Waals surface area contributed by atoms with Gasteiger partial charge >= 0.3 is 0 Å². The minimum absolute atomic E-state index is 0.196. The van der Waals surface area contributed by atoms with E-state index < -0.39 is 0 Å². The van der Waals surface area contributed by atoms with Crippen LogP contribution in [0.4, 0.5) is 11.6 Å². The molecule has 2 aromatic rings. The van der Waals surface area contributed by atoms with Gasteiger partial charge in [0.25, 0.3) is 5.95 Å². The fourth-order valence-corrected chi connectivity index (χ4v) is 3.00. The quantitative estimate of drug-likeness (QED) is 0.916. The zero-order valence-corrected chi connectivity index (χ0v) is 12.6. The summed E-state index contributed by atoms with van der Waals surface area (Å²) in [6.45, 7) is 0.636. The maximum Gasteiger partial charge on any atom is 0.267 e. The van der Waals surface area contributed by atoms with Gasteiger partial charge in [0.05, 0.1) is 18.0 Å². The molecule has 0 bridgehead atoms. The van der Waals surface area contributed by atoms with E-state index in [2.05, 4.69) is 26.8 Å². The molecule has 1 aliphatic rings. The Morgan fingerprint density at radius 1 is 1.18 bits per heavy atom. The van der Waals surface area contributed by atoms with Crippen LogP contribution in [0.15, 0.2) is 30.3 Å². The lowest BCUT2D eigenvalue weighted by Crippen LogP contribution is -2.24. The highest BCUT2D eigenvalue weighted by Gasteiger charge is 2.31. The molecule has 6 nitrogen and oxygen atoms in total. The van der Waals surface area contributed by atoms with Crippen molar-refractivity contribution in [2.45, 2.75) is 45.1 Å². The van der Waals surface area contributed by atoms with Crippen LogP contribution in [0.3, 0.4) is 0 Å². The van der Waals surface area contributed by atoms with E-state index in [1.807, 2.05) is 30.3 Å². The second kappa shape index (κ2) is 6.56. The number of para-hydroxylation sites is 1. The summed E-state index contributed by atoms with van der Waals surface area (Å²) in [7, 11) is 0. The molecule has 114 valence electrons. The van der Waals surface area contributed by atoms with Gasteiger partial charge in [-0.3, -0.25) is 0 Å². The van der Waals surface area contributed by atoms with Crippen LogP contribution < -0.4 is 5.32 Å². The number of nitriles is 1. The Morgan fingerprint density at radius 3 is 2.68 bits per heavy atom. The average Bonchev–Trinajstić information content (AvgIpc) is 3.02. The third-order valence-electron chi connectivity index (χ3n) is 4.32. The van der Waals surface area contributed by atoms with Crippen LogP contribution in [0.2, 0.25) is 0 Å². The lowest BCUT2D eigenvalue weighted by atomic mass is 9.73. The molecule has 0 amide bonds. The molecular formula is C16H20N6. The zero-order chi connectivity index (χ0) is 15.3. The summed E-state index contributed by atoms with van der Waals surface area (Å²) in [5, 5.41) is 25.0. The smallest absolute Gasteiger partial charge is 0.267 e. The summed E-state index contributed by atoms with van der Waals surface area (Å²) in [6, 6.07) is 12.3. The maximum atomic E-state index is 9.49. The molecule has 22 heavy (non-hydrogen) atoms. The summed E-state index contributed by atoms with van der Waals surface area (Å²) in [5.41, 5.74) is 0.738. The summed E-state index contributed by atoms with van der Waals surface area (Å²) in [6.07, 6.45) is 6.33. The molecule has 1 saturated carbocycles. The first-order valence-corrected chi connectivity index (χ1v) is 7.81. The molecule has 0 aliphatic heterocycles. The van der Waals surface area contributed by atoms with Crippen molar-refractivity contribution in [3.63, 3.8) is 0 Å². The van der Waals surface area contributed by atoms with Crippen LogP contribution in [0.25, 0.3) is 0 Å². The summed E-state index contributed by atoms with van der Waals surface area (Å²) in [5.74, 6) is 0.487. The number of hydrogen-bond donors (Lipinski definition) is 1. The van der Waals surface area contributed by atoms with Crippen LogP contribution in [0.1, 0.15) is 38.5 Å². The van der Waals surface area contributed by atoms with Gasteiger partial charge < -0.3 is 5.32 Å². The molecule has 1 N–H and O–H groups in total. The topological polar surface area (TPSA) is 79.4 Å². The molecule has 0 saturated heterocycles. The second-order valence-electron chi connectivity index (χ2n) is 5.90. The first-order chi connectivity index (χ1) is 10.8. The highest BCUT2D eigenvalue weighted by Crippen LogP contribution is 2.38. The molecule has 1 fully saturated rings. The number of benzene rings is 1. The molecule has 1 aliphatic carbocycles. The van der Waals surface area contributed by atoms with Crippen LogP contribution in [0.5, 0.6) is 0 Å². The average molecular weight is 296 g/mol. The number of rotatable bonds is 5. The molecule has 0 spiro atoms. The monoisotopic (exact) mass is 296 g/mol. The number of anilines is 2. The predicted octanol–water partition coefficient (Wildman–Crippen LogP) is 3.28. The second-order valence-corrected chi connectivity index (χ2v) is 5.90. The highest BCUT2D eigenvalue weighted by atomic mass is 15.6. The first-order valence-electron chi connectivity index (χ1n) is 7.81. The number of tetrazole rings is 1. The van der Waals surface area contributed by atoms with Crippen LogP contribution in [-0.2, 0) is 6.54 Å². The fourth-order valence-electron chi connectivity index (χ4n) is 3.00. The summed E-state index contributed by atoms with van der Waals surface area (Å²) < 4.78 is 0. The Labute approximate surface area is 130 Å². The fraction of sp³-hybridized carbons (Fsp3) is 0.500. The van der Waals surface area contributed by atoms with Crippen LogP contribution >= 0.6 is 0 Å². The van der Waals surface area contributed by atoms with Crippen molar-refractivity contribution in [1.29, 1.82) is 5.26 Å². The maximum absolute atomic E-state index is 9.49. The van der Waals surface area contributed by atoms with Gasteiger partial charge in [-0.2, -0.15) is 10.1 Å². The van der Waals surface area contributed by atoms with E-state index in [-0.39, 0.29) is 5.41 Å². The highest BCUT2D eigenvalue weighted by molar-refractivity contribution is 5.51. The van der Waals surface area contributed by atoms with Gasteiger partial charge in [0.2, 0.25) is 0 Å². The standard InChI is InChI=1S/C16H20N6/c17-13-16(9-5-2-6-10-16)11-12-22-20-15(19-21-22)18-14-7-3-1-4-8-14/h1,3-4,7-8H,2,5-6,9-12H2,(H,18,20). The number of aryl methyl sites for hydroxylation is 1. The number of hydrogen-bond acceptors (Lipinski definition) is 5. The third-order valence-corrected chi connectivity index (χ3v) is 4.32. The van der Waals surface area contributed by atoms with Crippen molar-refractivity contribution < 1.29 is 0 Å². The van der Waals surface area contributed by atoms with Gasteiger partial charge in [0.15, 0.2) is 0 Å². The van der Waals surface area contributed by atoms with E-state index in [1.54, 1.807) is 4.80 Å². The largest absolute Gasteiger partial charge is 0.322 e. The first kappa shape index (κ1) is 14.5. The van der Waals surface area contributed by atoms with Crippen LogP contribution in [-0.4, -0.2) is 20.2 Å². The van der Waals surface area contributed by atoms with E-state index in [9.17, 15) is 5.26 Å². The molecule has 3 rings (SSSR count). The molecule has 1 heterocycles. The van der Waals surface area contributed by atoms with E-state index in [0.29, 0.717) is 12.5 Å². The minimum Gasteiger partial charge on any atom is -0.322 e. The van der Waals surface area contributed by atoms with Gasteiger partial charge in [-0.1, -0.05) is 42.6 Å². The molecule has 0 radical (unpaired) electrons. The number of nitrogens with one attached hydrogen (secondary N) is 1. The van der Waals surface area contributed by atoms with Crippen LogP contribution in [0, 0.1) is 16.7 Å². The van der Waals surface area contributed by atoms with Crippen molar-refractivity contribution in [2.24, 2.45) is 5.41 Å². The minimum atomic E-state index is -0.196.